The number of hydrogen-bond donors (Lipinski definition) is 0. The van der Waals surface area contributed by atoms with E-state index in [1.54, 1.807) is 12.1 Å². The first-order valence-electron chi connectivity index (χ1n) is 5.32. The minimum Gasteiger partial charge on any atom is -0.497 e. The van der Waals surface area contributed by atoms with Gasteiger partial charge in [0.1, 0.15) is 16.7 Å². The third-order valence-electron chi connectivity index (χ3n) is 2.21. The maximum atomic E-state index is 12.5. The summed E-state index contributed by atoms with van der Waals surface area (Å²) in [5.74, 6) is -0.751. The van der Waals surface area contributed by atoms with Crippen molar-refractivity contribution >= 4 is 11.6 Å². The van der Waals surface area contributed by atoms with Gasteiger partial charge in [-0.2, -0.15) is 18.2 Å². The molecule has 2 rings (SSSR count). The zero-order valence-corrected chi connectivity index (χ0v) is 10.9. The summed E-state index contributed by atoms with van der Waals surface area (Å²) in [6.45, 7) is 0. The minimum absolute atomic E-state index is 0.289. The van der Waals surface area contributed by atoms with Crippen LogP contribution < -0.4 is 9.47 Å². The van der Waals surface area contributed by atoms with Crippen LogP contribution in [0.25, 0.3) is 0 Å². The molecule has 0 aliphatic carbocycles. The van der Waals surface area contributed by atoms with Crippen LogP contribution in [0.4, 0.5) is 13.2 Å². The van der Waals surface area contributed by atoms with Gasteiger partial charge < -0.3 is 9.47 Å². The summed E-state index contributed by atoms with van der Waals surface area (Å²) in [7, 11) is 1.50. The number of halogens is 4. The Bertz CT molecular complexity index is 603. The predicted molar refractivity (Wildman–Crippen MR) is 65.1 cm³/mol. The quantitative estimate of drug-likeness (QED) is 0.805. The summed E-state index contributed by atoms with van der Waals surface area (Å²) >= 11 is 5.52. The maximum absolute atomic E-state index is 12.5. The Hall–Kier alpha value is -2.02. The molecule has 0 bridgehead atoms. The highest BCUT2D eigenvalue weighted by Crippen LogP contribution is 2.30. The fraction of sp³-hybridized carbons (Fsp3) is 0.167. The van der Waals surface area contributed by atoms with Crippen molar-refractivity contribution in [1.29, 1.82) is 0 Å². The molecule has 0 amide bonds. The fourth-order valence-corrected chi connectivity index (χ4v) is 1.51. The number of hydrogen-bond acceptors (Lipinski definition) is 4. The Morgan fingerprint density at radius 2 is 1.65 bits per heavy atom. The first-order chi connectivity index (χ1) is 9.38. The zero-order chi connectivity index (χ0) is 14.8. The molecule has 0 N–H and O–H groups in total. The van der Waals surface area contributed by atoms with Crippen molar-refractivity contribution in [3.05, 3.63) is 41.3 Å². The summed E-state index contributed by atoms with van der Waals surface area (Å²) in [5.41, 5.74) is 0. The van der Waals surface area contributed by atoms with Crippen molar-refractivity contribution in [2.75, 3.05) is 7.11 Å². The lowest BCUT2D eigenvalue weighted by Gasteiger charge is -2.09. The van der Waals surface area contributed by atoms with E-state index in [2.05, 4.69) is 9.97 Å². The van der Waals surface area contributed by atoms with Crippen LogP contribution in [-0.4, -0.2) is 17.1 Å². The van der Waals surface area contributed by atoms with Crippen molar-refractivity contribution in [3.8, 4) is 17.4 Å². The topological polar surface area (TPSA) is 44.2 Å². The Kier molecular flexibility index (Phi) is 3.99. The minimum atomic E-state index is -4.69. The highest BCUT2D eigenvalue weighted by Gasteiger charge is 2.35. The number of benzene rings is 1. The van der Waals surface area contributed by atoms with Crippen molar-refractivity contribution in [2.45, 2.75) is 6.18 Å². The number of ether oxygens (including phenoxy) is 2. The van der Waals surface area contributed by atoms with Crippen molar-refractivity contribution in [1.82, 2.24) is 9.97 Å². The SMILES string of the molecule is COc1ccc(Oc2cc(Cl)nc(C(F)(F)F)n2)cc1. The molecule has 0 aliphatic rings. The van der Waals surface area contributed by atoms with Gasteiger partial charge in [0.15, 0.2) is 0 Å². The van der Waals surface area contributed by atoms with Crippen LogP contribution in [0.3, 0.4) is 0 Å². The second-order valence-corrected chi connectivity index (χ2v) is 4.02. The first-order valence-corrected chi connectivity index (χ1v) is 5.70. The van der Waals surface area contributed by atoms with E-state index >= 15 is 0 Å². The van der Waals surface area contributed by atoms with E-state index in [4.69, 9.17) is 21.1 Å². The van der Waals surface area contributed by atoms with Gasteiger partial charge in [0.25, 0.3) is 0 Å². The molecule has 1 aromatic heterocycles. The molecule has 0 aliphatic heterocycles. The van der Waals surface area contributed by atoms with E-state index in [1.807, 2.05) is 0 Å². The zero-order valence-electron chi connectivity index (χ0n) is 10.1. The Morgan fingerprint density at radius 1 is 1.05 bits per heavy atom. The summed E-state index contributed by atoms with van der Waals surface area (Å²) in [5, 5.41) is -0.351. The van der Waals surface area contributed by atoms with E-state index in [0.717, 1.165) is 6.07 Å². The van der Waals surface area contributed by atoms with Crippen LogP contribution in [-0.2, 0) is 6.18 Å². The molecule has 1 heterocycles. The molecule has 4 nitrogen and oxygen atoms in total. The maximum Gasteiger partial charge on any atom is 0.451 e. The largest absolute Gasteiger partial charge is 0.497 e. The molecule has 106 valence electrons. The van der Waals surface area contributed by atoms with Crippen LogP contribution in [0.1, 0.15) is 5.82 Å². The Balaban J connectivity index is 2.26. The number of aromatic nitrogens is 2. The molecule has 0 saturated carbocycles. The average Bonchev–Trinajstić information content (AvgIpc) is 2.38. The highest BCUT2D eigenvalue weighted by molar-refractivity contribution is 6.29. The molecule has 0 atom stereocenters. The van der Waals surface area contributed by atoms with E-state index in [1.165, 1.54) is 19.2 Å². The molecule has 2 aromatic rings. The molecule has 0 spiro atoms. The van der Waals surface area contributed by atoms with E-state index in [9.17, 15) is 13.2 Å². The van der Waals surface area contributed by atoms with Crippen LogP contribution >= 0.6 is 11.6 Å². The van der Waals surface area contributed by atoms with E-state index in [-0.39, 0.29) is 11.0 Å². The monoisotopic (exact) mass is 304 g/mol. The van der Waals surface area contributed by atoms with Gasteiger partial charge in [-0.1, -0.05) is 11.6 Å². The van der Waals surface area contributed by atoms with Gasteiger partial charge in [-0.05, 0) is 24.3 Å². The highest BCUT2D eigenvalue weighted by atomic mass is 35.5. The lowest BCUT2D eigenvalue weighted by molar-refractivity contribution is -0.145. The number of rotatable bonds is 3. The molecule has 1 aromatic carbocycles. The third-order valence-corrected chi connectivity index (χ3v) is 2.40. The average molecular weight is 305 g/mol. The van der Waals surface area contributed by atoms with Gasteiger partial charge in [0.2, 0.25) is 11.7 Å². The molecule has 0 unspecified atom stereocenters. The molecule has 8 heteroatoms. The van der Waals surface area contributed by atoms with E-state index in [0.29, 0.717) is 11.5 Å². The second kappa shape index (κ2) is 5.54. The summed E-state index contributed by atoms with van der Waals surface area (Å²) in [6, 6.07) is 7.36. The van der Waals surface area contributed by atoms with Gasteiger partial charge in [0.05, 0.1) is 7.11 Å². The van der Waals surface area contributed by atoms with Crippen LogP contribution in [0.2, 0.25) is 5.15 Å². The molecule has 0 radical (unpaired) electrons. The standard InChI is InChI=1S/C12H8ClF3N2O2/c1-19-7-2-4-8(5-3-7)20-10-6-9(13)17-11(18-10)12(14,15)16/h2-6H,1H3. The predicted octanol–water partition coefficient (Wildman–Crippen LogP) is 3.95. The normalized spacial score (nSPS) is 11.2. The second-order valence-electron chi connectivity index (χ2n) is 3.63. The molecular weight excluding hydrogens is 297 g/mol. The smallest absolute Gasteiger partial charge is 0.451 e. The van der Waals surface area contributed by atoms with E-state index < -0.39 is 12.0 Å². The summed E-state index contributed by atoms with van der Waals surface area (Å²) < 4.78 is 47.7. The third kappa shape index (κ3) is 3.51. The fourth-order valence-electron chi connectivity index (χ4n) is 1.34. The number of alkyl halides is 3. The van der Waals surface area contributed by atoms with Crippen molar-refractivity contribution < 1.29 is 22.6 Å². The van der Waals surface area contributed by atoms with Crippen molar-refractivity contribution in [2.24, 2.45) is 0 Å². The van der Waals surface area contributed by atoms with Crippen LogP contribution in [0.5, 0.6) is 17.4 Å². The summed E-state index contributed by atoms with van der Waals surface area (Å²) in [4.78, 5) is 6.37. The van der Waals surface area contributed by atoms with Crippen molar-refractivity contribution in [3.63, 3.8) is 0 Å². The van der Waals surface area contributed by atoms with Gasteiger partial charge in [-0.3, -0.25) is 0 Å². The van der Waals surface area contributed by atoms with Gasteiger partial charge in [0, 0.05) is 6.07 Å². The van der Waals surface area contributed by atoms with Gasteiger partial charge >= 0.3 is 6.18 Å². The molecule has 20 heavy (non-hydrogen) atoms. The molecule has 0 saturated heterocycles. The van der Waals surface area contributed by atoms with Crippen LogP contribution in [0, 0.1) is 0 Å². The van der Waals surface area contributed by atoms with Gasteiger partial charge in [-0.25, -0.2) is 4.98 Å². The summed E-state index contributed by atoms with van der Waals surface area (Å²) in [6.07, 6.45) is -4.69. The number of nitrogens with zero attached hydrogens (tertiary/aromatic N) is 2. The molecular formula is C12H8ClF3N2O2. The number of methoxy groups -OCH3 is 1. The lowest BCUT2D eigenvalue weighted by Crippen LogP contribution is -2.11. The molecule has 0 fully saturated rings. The van der Waals surface area contributed by atoms with Crippen LogP contribution in [0.15, 0.2) is 30.3 Å². The Morgan fingerprint density at radius 3 is 2.20 bits per heavy atom. The Labute approximate surface area is 117 Å². The van der Waals surface area contributed by atoms with Gasteiger partial charge in [-0.15, -0.1) is 0 Å². The first kappa shape index (κ1) is 14.4. The lowest BCUT2D eigenvalue weighted by atomic mass is 10.3.